The fourth-order valence-electron chi connectivity index (χ4n) is 2.43. The summed E-state index contributed by atoms with van der Waals surface area (Å²) < 4.78 is 4.65. The maximum absolute atomic E-state index is 11.1. The van der Waals surface area contributed by atoms with Gasteiger partial charge in [0.15, 0.2) is 0 Å². The standard InChI is InChI=1S/C14H25NO2/c1-11(2)15-7-5-13(6-8-15)9-12(3)10-14(16)17-4/h11,13H,3,5-10H2,1-2,4H3. The molecule has 1 rings (SSSR count). The van der Waals surface area contributed by atoms with Crippen LogP contribution in [0.2, 0.25) is 0 Å². The smallest absolute Gasteiger partial charge is 0.309 e. The molecule has 1 fully saturated rings. The number of likely N-dealkylation sites (tertiary alicyclic amines) is 1. The molecule has 0 radical (unpaired) electrons. The summed E-state index contributed by atoms with van der Waals surface area (Å²) in [5, 5.41) is 0. The second-order valence-corrected chi connectivity index (χ2v) is 5.28. The molecule has 17 heavy (non-hydrogen) atoms. The van der Waals surface area contributed by atoms with Crippen LogP contribution in [0.25, 0.3) is 0 Å². The molecule has 0 amide bonds. The summed E-state index contributed by atoms with van der Waals surface area (Å²) in [7, 11) is 1.43. The summed E-state index contributed by atoms with van der Waals surface area (Å²) in [6.45, 7) is 10.8. The highest BCUT2D eigenvalue weighted by Gasteiger charge is 2.21. The number of hydrogen-bond acceptors (Lipinski definition) is 3. The highest BCUT2D eigenvalue weighted by molar-refractivity contribution is 5.72. The molecular weight excluding hydrogens is 214 g/mol. The second kappa shape index (κ2) is 6.80. The Morgan fingerprint density at radius 1 is 1.41 bits per heavy atom. The van der Waals surface area contributed by atoms with Crippen molar-refractivity contribution in [2.45, 2.75) is 45.6 Å². The average Bonchev–Trinajstić information content (AvgIpc) is 2.29. The van der Waals surface area contributed by atoms with E-state index < -0.39 is 0 Å². The van der Waals surface area contributed by atoms with E-state index in [1.807, 2.05) is 0 Å². The minimum atomic E-state index is -0.172. The lowest BCUT2D eigenvalue weighted by Crippen LogP contribution is -2.38. The molecule has 0 N–H and O–H groups in total. The van der Waals surface area contributed by atoms with E-state index in [1.165, 1.54) is 33.0 Å². The van der Waals surface area contributed by atoms with Gasteiger partial charge >= 0.3 is 5.97 Å². The Bertz CT molecular complexity index is 265. The summed E-state index contributed by atoms with van der Waals surface area (Å²) in [5.74, 6) is 0.525. The SMILES string of the molecule is C=C(CC(=O)OC)CC1CCN(C(C)C)CC1. The molecule has 0 saturated carbocycles. The van der Waals surface area contributed by atoms with Crippen molar-refractivity contribution in [2.75, 3.05) is 20.2 Å². The van der Waals surface area contributed by atoms with E-state index in [9.17, 15) is 4.79 Å². The summed E-state index contributed by atoms with van der Waals surface area (Å²) in [4.78, 5) is 13.6. The van der Waals surface area contributed by atoms with Crippen LogP contribution >= 0.6 is 0 Å². The minimum absolute atomic E-state index is 0.172. The molecule has 0 aromatic carbocycles. The third-order valence-electron chi connectivity index (χ3n) is 3.58. The predicted molar refractivity (Wildman–Crippen MR) is 69.8 cm³/mol. The van der Waals surface area contributed by atoms with Crippen molar-refractivity contribution < 1.29 is 9.53 Å². The predicted octanol–water partition coefficient (Wildman–Crippen LogP) is 2.62. The first kappa shape index (κ1) is 14.2. The van der Waals surface area contributed by atoms with E-state index >= 15 is 0 Å². The quantitative estimate of drug-likeness (QED) is 0.545. The van der Waals surface area contributed by atoms with Gasteiger partial charge in [0.05, 0.1) is 13.5 Å². The highest BCUT2D eigenvalue weighted by Crippen LogP contribution is 2.25. The number of piperidine rings is 1. The van der Waals surface area contributed by atoms with Crippen LogP contribution in [0.4, 0.5) is 0 Å². The molecule has 0 unspecified atom stereocenters. The molecule has 1 aliphatic rings. The van der Waals surface area contributed by atoms with Crippen LogP contribution in [0.3, 0.4) is 0 Å². The number of nitrogens with zero attached hydrogens (tertiary/aromatic N) is 1. The molecule has 0 atom stereocenters. The van der Waals surface area contributed by atoms with Crippen LogP contribution in [0.15, 0.2) is 12.2 Å². The van der Waals surface area contributed by atoms with Crippen molar-refractivity contribution in [2.24, 2.45) is 5.92 Å². The Balaban J connectivity index is 2.26. The third-order valence-corrected chi connectivity index (χ3v) is 3.58. The number of carbonyl (C=O) groups is 1. The Morgan fingerprint density at radius 2 is 2.00 bits per heavy atom. The van der Waals surface area contributed by atoms with Crippen LogP contribution in [-0.4, -0.2) is 37.1 Å². The van der Waals surface area contributed by atoms with Gasteiger partial charge in [-0.3, -0.25) is 4.79 Å². The van der Waals surface area contributed by atoms with Gasteiger partial charge in [-0.15, -0.1) is 0 Å². The van der Waals surface area contributed by atoms with Gasteiger partial charge in [0.2, 0.25) is 0 Å². The van der Waals surface area contributed by atoms with Gasteiger partial charge in [-0.25, -0.2) is 0 Å². The summed E-state index contributed by atoms with van der Waals surface area (Å²) in [6, 6.07) is 0.647. The molecule has 0 bridgehead atoms. The molecule has 0 spiro atoms. The fraction of sp³-hybridized carbons (Fsp3) is 0.786. The minimum Gasteiger partial charge on any atom is -0.469 e. The lowest BCUT2D eigenvalue weighted by molar-refractivity contribution is -0.139. The van der Waals surface area contributed by atoms with Crippen molar-refractivity contribution in [3.05, 3.63) is 12.2 Å². The molecular formula is C14H25NO2. The van der Waals surface area contributed by atoms with Crippen LogP contribution in [0.1, 0.15) is 39.5 Å². The van der Waals surface area contributed by atoms with Crippen molar-refractivity contribution in [3.8, 4) is 0 Å². The van der Waals surface area contributed by atoms with E-state index in [-0.39, 0.29) is 5.97 Å². The van der Waals surface area contributed by atoms with Crippen molar-refractivity contribution in [1.82, 2.24) is 4.90 Å². The summed E-state index contributed by atoms with van der Waals surface area (Å²) in [6.07, 6.45) is 3.79. The van der Waals surface area contributed by atoms with Gasteiger partial charge in [-0.1, -0.05) is 12.2 Å². The van der Waals surface area contributed by atoms with Crippen molar-refractivity contribution >= 4 is 5.97 Å². The molecule has 0 aromatic heterocycles. The van der Waals surface area contributed by atoms with Gasteiger partial charge in [-0.2, -0.15) is 0 Å². The third kappa shape index (κ3) is 4.90. The average molecular weight is 239 g/mol. The Labute approximate surface area is 105 Å². The van der Waals surface area contributed by atoms with Gasteiger partial charge < -0.3 is 9.64 Å². The van der Waals surface area contributed by atoms with Crippen LogP contribution in [0, 0.1) is 5.92 Å². The second-order valence-electron chi connectivity index (χ2n) is 5.28. The molecule has 1 aliphatic heterocycles. The molecule has 0 aromatic rings. The Hall–Kier alpha value is -0.830. The van der Waals surface area contributed by atoms with Crippen LogP contribution in [0.5, 0.6) is 0 Å². The Morgan fingerprint density at radius 3 is 2.47 bits per heavy atom. The number of methoxy groups -OCH3 is 1. The van der Waals surface area contributed by atoms with E-state index in [0.717, 1.165) is 12.0 Å². The number of carbonyl (C=O) groups excluding carboxylic acids is 1. The first-order chi connectivity index (χ1) is 8.02. The largest absolute Gasteiger partial charge is 0.469 e. The number of hydrogen-bond donors (Lipinski definition) is 0. The van der Waals surface area contributed by atoms with E-state index in [4.69, 9.17) is 0 Å². The number of ether oxygens (including phenoxy) is 1. The lowest BCUT2D eigenvalue weighted by atomic mass is 9.89. The Kier molecular flexibility index (Phi) is 5.69. The fourth-order valence-corrected chi connectivity index (χ4v) is 2.43. The normalized spacial score (nSPS) is 18.4. The van der Waals surface area contributed by atoms with Gasteiger partial charge in [0.25, 0.3) is 0 Å². The molecule has 1 heterocycles. The van der Waals surface area contributed by atoms with E-state index in [0.29, 0.717) is 18.4 Å². The zero-order valence-electron chi connectivity index (χ0n) is 11.4. The lowest BCUT2D eigenvalue weighted by Gasteiger charge is -2.34. The number of esters is 1. The molecule has 3 nitrogen and oxygen atoms in total. The zero-order chi connectivity index (χ0) is 12.8. The maximum atomic E-state index is 11.1. The topological polar surface area (TPSA) is 29.5 Å². The van der Waals surface area contributed by atoms with Crippen molar-refractivity contribution in [3.63, 3.8) is 0 Å². The molecule has 98 valence electrons. The summed E-state index contributed by atoms with van der Waals surface area (Å²) in [5.41, 5.74) is 1.01. The molecule has 1 saturated heterocycles. The van der Waals surface area contributed by atoms with Crippen LogP contribution < -0.4 is 0 Å². The first-order valence-corrected chi connectivity index (χ1v) is 6.50. The van der Waals surface area contributed by atoms with E-state index in [1.54, 1.807) is 0 Å². The highest BCUT2D eigenvalue weighted by atomic mass is 16.5. The van der Waals surface area contributed by atoms with Crippen molar-refractivity contribution in [1.29, 1.82) is 0 Å². The van der Waals surface area contributed by atoms with Gasteiger partial charge in [0.1, 0.15) is 0 Å². The number of rotatable bonds is 5. The van der Waals surface area contributed by atoms with E-state index in [2.05, 4.69) is 30.1 Å². The summed E-state index contributed by atoms with van der Waals surface area (Å²) >= 11 is 0. The maximum Gasteiger partial charge on any atom is 0.309 e. The van der Waals surface area contributed by atoms with Crippen LogP contribution in [-0.2, 0) is 9.53 Å². The monoisotopic (exact) mass is 239 g/mol. The molecule has 0 aliphatic carbocycles. The first-order valence-electron chi connectivity index (χ1n) is 6.50. The van der Waals surface area contributed by atoms with Gasteiger partial charge in [-0.05, 0) is 52.1 Å². The van der Waals surface area contributed by atoms with Gasteiger partial charge in [0, 0.05) is 6.04 Å². The molecule has 3 heteroatoms. The zero-order valence-corrected chi connectivity index (χ0v) is 11.4.